The average molecular weight is 271 g/mol. The third-order valence-corrected chi connectivity index (χ3v) is 4.77. The second-order valence-electron chi connectivity index (χ2n) is 4.16. The molecule has 0 saturated carbocycles. The first kappa shape index (κ1) is 14.7. The predicted molar refractivity (Wildman–Crippen MR) is 65.2 cm³/mol. The van der Waals surface area contributed by atoms with E-state index in [0.29, 0.717) is 18.5 Å². The number of nitriles is 1. The minimum Gasteiger partial charge on any atom is -0.360 e. The third-order valence-electron chi connectivity index (χ3n) is 2.99. The first-order chi connectivity index (χ1) is 8.32. The van der Waals surface area contributed by atoms with Crippen LogP contribution in [0.4, 0.5) is 0 Å². The first-order valence-corrected chi connectivity index (χ1v) is 7.18. The lowest BCUT2D eigenvalue weighted by molar-refractivity contribution is 0.390. The zero-order chi connectivity index (χ0) is 14.0. The van der Waals surface area contributed by atoms with Crippen LogP contribution >= 0.6 is 0 Å². The van der Waals surface area contributed by atoms with Gasteiger partial charge >= 0.3 is 0 Å². The van der Waals surface area contributed by atoms with E-state index in [2.05, 4.69) is 9.88 Å². The fraction of sp³-hybridized carbons (Fsp3) is 0.636. The fourth-order valence-corrected chi connectivity index (χ4v) is 3.53. The van der Waals surface area contributed by atoms with Crippen LogP contribution in [0.2, 0.25) is 0 Å². The van der Waals surface area contributed by atoms with Gasteiger partial charge in [-0.15, -0.1) is 0 Å². The summed E-state index contributed by atoms with van der Waals surface area (Å²) in [6.07, 6.45) is 0.783. The number of nitrogens with one attached hydrogen (secondary N) is 1. The molecule has 0 aliphatic rings. The maximum atomic E-state index is 12.3. The van der Waals surface area contributed by atoms with Gasteiger partial charge in [0.15, 0.2) is 5.76 Å². The SMILES string of the molecule is CCC(C#N)(CC)NS(=O)(=O)c1c(C)noc1C. The Morgan fingerprint density at radius 1 is 1.39 bits per heavy atom. The van der Waals surface area contributed by atoms with E-state index in [0.717, 1.165) is 0 Å². The van der Waals surface area contributed by atoms with Gasteiger partial charge in [0.25, 0.3) is 0 Å². The van der Waals surface area contributed by atoms with Gasteiger partial charge in [-0.2, -0.15) is 9.98 Å². The molecular weight excluding hydrogens is 254 g/mol. The zero-order valence-electron chi connectivity index (χ0n) is 10.9. The Kier molecular flexibility index (Phi) is 4.14. The standard InChI is InChI=1S/C11H17N3O3S/c1-5-11(6-2,7-12)14-18(15,16)10-8(3)13-17-9(10)4/h14H,5-6H2,1-4H3. The van der Waals surface area contributed by atoms with Crippen LogP contribution in [0.15, 0.2) is 9.42 Å². The molecule has 1 heterocycles. The highest BCUT2D eigenvalue weighted by atomic mass is 32.2. The van der Waals surface area contributed by atoms with Crippen molar-refractivity contribution >= 4 is 10.0 Å². The quantitative estimate of drug-likeness (QED) is 0.878. The summed E-state index contributed by atoms with van der Waals surface area (Å²) in [6.45, 7) is 6.61. The first-order valence-electron chi connectivity index (χ1n) is 5.70. The molecule has 1 rings (SSSR count). The van der Waals surface area contributed by atoms with Crippen molar-refractivity contribution in [3.8, 4) is 6.07 Å². The van der Waals surface area contributed by atoms with E-state index in [1.54, 1.807) is 20.8 Å². The van der Waals surface area contributed by atoms with E-state index in [1.165, 1.54) is 6.92 Å². The van der Waals surface area contributed by atoms with E-state index in [4.69, 9.17) is 9.78 Å². The van der Waals surface area contributed by atoms with Crippen molar-refractivity contribution < 1.29 is 12.9 Å². The van der Waals surface area contributed by atoms with Gasteiger partial charge in [-0.25, -0.2) is 8.42 Å². The molecule has 1 aromatic heterocycles. The van der Waals surface area contributed by atoms with E-state index in [9.17, 15) is 8.42 Å². The summed E-state index contributed by atoms with van der Waals surface area (Å²) in [4.78, 5) is 0.0176. The second-order valence-corrected chi connectivity index (χ2v) is 5.78. The van der Waals surface area contributed by atoms with Crippen LogP contribution in [0.5, 0.6) is 0 Å². The molecular formula is C11H17N3O3S. The van der Waals surface area contributed by atoms with Gasteiger partial charge in [0.05, 0.1) is 6.07 Å². The van der Waals surface area contributed by atoms with E-state index in [-0.39, 0.29) is 10.7 Å². The average Bonchev–Trinajstić information content (AvgIpc) is 2.67. The number of nitrogens with zero attached hydrogens (tertiary/aromatic N) is 2. The number of rotatable bonds is 5. The molecule has 100 valence electrons. The van der Waals surface area contributed by atoms with Crippen LogP contribution < -0.4 is 4.72 Å². The molecule has 1 N–H and O–H groups in total. The summed E-state index contributed by atoms with van der Waals surface area (Å²) in [7, 11) is -3.80. The molecule has 0 aromatic carbocycles. The highest BCUT2D eigenvalue weighted by molar-refractivity contribution is 7.89. The van der Waals surface area contributed by atoms with Gasteiger partial charge in [-0.1, -0.05) is 19.0 Å². The predicted octanol–water partition coefficient (Wildman–Crippen LogP) is 1.65. The van der Waals surface area contributed by atoms with Gasteiger partial charge in [0, 0.05) is 0 Å². The largest absolute Gasteiger partial charge is 0.360 e. The van der Waals surface area contributed by atoms with Crippen molar-refractivity contribution in [2.24, 2.45) is 0 Å². The van der Waals surface area contributed by atoms with Crippen molar-refractivity contribution in [3.05, 3.63) is 11.5 Å². The number of sulfonamides is 1. The van der Waals surface area contributed by atoms with Crippen LogP contribution in [0.25, 0.3) is 0 Å². The number of hydrogen-bond donors (Lipinski definition) is 1. The summed E-state index contributed by atoms with van der Waals surface area (Å²) in [5.74, 6) is 0.221. The van der Waals surface area contributed by atoms with Gasteiger partial charge in [0.1, 0.15) is 16.1 Å². The number of aromatic nitrogens is 1. The molecule has 0 bridgehead atoms. The lowest BCUT2D eigenvalue weighted by Gasteiger charge is -2.24. The number of aryl methyl sites for hydroxylation is 2. The number of hydrogen-bond acceptors (Lipinski definition) is 5. The molecule has 0 amide bonds. The summed E-state index contributed by atoms with van der Waals surface area (Å²) >= 11 is 0. The summed E-state index contributed by atoms with van der Waals surface area (Å²) in [6, 6.07) is 2.03. The van der Waals surface area contributed by atoms with Crippen molar-refractivity contribution in [3.63, 3.8) is 0 Å². The molecule has 0 saturated heterocycles. The molecule has 1 aromatic rings. The molecule has 0 spiro atoms. The van der Waals surface area contributed by atoms with Crippen LogP contribution in [-0.2, 0) is 10.0 Å². The zero-order valence-corrected chi connectivity index (χ0v) is 11.8. The Balaban J connectivity index is 3.22. The van der Waals surface area contributed by atoms with Gasteiger partial charge in [-0.05, 0) is 26.7 Å². The molecule has 7 heteroatoms. The van der Waals surface area contributed by atoms with E-state index in [1.807, 2.05) is 6.07 Å². The van der Waals surface area contributed by atoms with Crippen molar-refractivity contribution in [1.82, 2.24) is 9.88 Å². The van der Waals surface area contributed by atoms with Crippen molar-refractivity contribution in [1.29, 1.82) is 5.26 Å². The van der Waals surface area contributed by atoms with Crippen LogP contribution in [-0.4, -0.2) is 19.1 Å². The van der Waals surface area contributed by atoms with Crippen LogP contribution in [0.3, 0.4) is 0 Å². The minimum atomic E-state index is -3.80. The lowest BCUT2D eigenvalue weighted by Crippen LogP contribution is -2.46. The summed E-state index contributed by atoms with van der Waals surface area (Å²) in [5.41, 5.74) is -0.798. The molecule has 6 nitrogen and oxygen atoms in total. The maximum absolute atomic E-state index is 12.3. The molecule has 0 unspecified atom stereocenters. The molecule has 0 radical (unpaired) electrons. The minimum absolute atomic E-state index is 0.0176. The second kappa shape index (κ2) is 5.08. The van der Waals surface area contributed by atoms with Gasteiger partial charge in [0.2, 0.25) is 10.0 Å². The Morgan fingerprint density at radius 3 is 2.28 bits per heavy atom. The van der Waals surface area contributed by atoms with Gasteiger partial charge < -0.3 is 4.52 Å². The summed E-state index contributed by atoms with van der Waals surface area (Å²) < 4.78 is 31.8. The Labute approximate surface area is 107 Å². The van der Waals surface area contributed by atoms with Crippen LogP contribution in [0.1, 0.15) is 38.1 Å². The molecule has 18 heavy (non-hydrogen) atoms. The van der Waals surface area contributed by atoms with Crippen LogP contribution in [0, 0.1) is 25.2 Å². The highest BCUT2D eigenvalue weighted by Crippen LogP contribution is 2.23. The Bertz CT molecular complexity index is 545. The highest BCUT2D eigenvalue weighted by Gasteiger charge is 2.35. The fourth-order valence-electron chi connectivity index (χ4n) is 1.74. The molecule has 0 aliphatic heterocycles. The molecule has 0 fully saturated rings. The normalized spacial score (nSPS) is 12.4. The monoisotopic (exact) mass is 271 g/mol. The van der Waals surface area contributed by atoms with E-state index < -0.39 is 15.6 Å². The smallest absolute Gasteiger partial charge is 0.247 e. The lowest BCUT2D eigenvalue weighted by atomic mass is 9.97. The molecule has 0 atom stereocenters. The van der Waals surface area contributed by atoms with Gasteiger partial charge in [-0.3, -0.25) is 0 Å². The third kappa shape index (κ3) is 2.54. The molecule has 0 aliphatic carbocycles. The van der Waals surface area contributed by atoms with Crippen molar-refractivity contribution in [2.75, 3.05) is 0 Å². The van der Waals surface area contributed by atoms with E-state index >= 15 is 0 Å². The Hall–Kier alpha value is -1.39. The van der Waals surface area contributed by atoms with Crippen molar-refractivity contribution in [2.45, 2.75) is 51.0 Å². The summed E-state index contributed by atoms with van der Waals surface area (Å²) in [5, 5.41) is 12.8. The Morgan fingerprint density at radius 2 is 1.94 bits per heavy atom. The maximum Gasteiger partial charge on any atom is 0.247 e. The topological polar surface area (TPSA) is 96.0 Å².